The van der Waals surface area contributed by atoms with E-state index in [2.05, 4.69) is 76.6 Å². The molecule has 0 aliphatic carbocycles. The van der Waals surface area contributed by atoms with Crippen LogP contribution in [-0.2, 0) is 0 Å². The smallest absolute Gasteiger partial charge is 0.160 e. The molecule has 0 aliphatic rings. The van der Waals surface area contributed by atoms with Crippen LogP contribution in [0.1, 0.15) is 17.3 Å². The van der Waals surface area contributed by atoms with E-state index < -0.39 is 0 Å². The molecular formula is C28H17BrO. The molecular weight excluding hydrogens is 432 g/mol. The quantitative estimate of drug-likeness (QED) is 0.192. The molecule has 30 heavy (non-hydrogen) atoms. The standard InChI is InChI=1S/C28H17BrO/c1-16(30)19-13-14-22(21-5-3-2-4-20(19)21)23-10-6-17-8-12-25-26(29)15-9-18-7-11-24(23)27(17)28(18)25/h2-15H,1H3. The van der Waals surface area contributed by atoms with E-state index >= 15 is 0 Å². The number of benzene rings is 6. The second-order valence-electron chi connectivity index (χ2n) is 7.85. The van der Waals surface area contributed by atoms with E-state index in [0.717, 1.165) is 26.4 Å². The van der Waals surface area contributed by atoms with Crippen LogP contribution in [0.15, 0.2) is 89.4 Å². The third kappa shape index (κ3) is 2.37. The third-order valence-electron chi connectivity index (χ3n) is 6.20. The maximum atomic E-state index is 12.2. The Morgan fingerprint density at radius 2 is 1.17 bits per heavy atom. The summed E-state index contributed by atoms with van der Waals surface area (Å²) >= 11 is 3.73. The summed E-state index contributed by atoms with van der Waals surface area (Å²) < 4.78 is 1.12. The Morgan fingerprint density at radius 3 is 1.93 bits per heavy atom. The largest absolute Gasteiger partial charge is 0.294 e. The van der Waals surface area contributed by atoms with Gasteiger partial charge in [0.05, 0.1) is 0 Å². The molecule has 0 amide bonds. The normalized spacial score (nSPS) is 11.8. The summed E-state index contributed by atoms with van der Waals surface area (Å²) in [7, 11) is 0. The summed E-state index contributed by atoms with van der Waals surface area (Å²) in [6.07, 6.45) is 0. The molecule has 0 radical (unpaired) electrons. The van der Waals surface area contributed by atoms with Gasteiger partial charge in [0.25, 0.3) is 0 Å². The predicted molar refractivity (Wildman–Crippen MR) is 131 cm³/mol. The Hall–Kier alpha value is -3.23. The van der Waals surface area contributed by atoms with Crippen LogP contribution in [0.3, 0.4) is 0 Å². The average molecular weight is 449 g/mol. The number of ketones is 1. The van der Waals surface area contributed by atoms with Crippen LogP contribution in [0.4, 0.5) is 0 Å². The first-order valence-electron chi connectivity index (χ1n) is 10.0. The molecule has 0 N–H and O–H groups in total. The van der Waals surface area contributed by atoms with Gasteiger partial charge in [-0.25, -0.2) is 0 Å². The van der Waals surface area contributed by atoms with Crippen LogP contribution in [0.5, 0.6) is 0 Å². The van der Waals surface area contributed by atoms with E-state index in [-0.39, 0.29) is 5.78 Å². The first-order chi connectivity index (χ1) is 14.6. The van der Waals surface area contributed by atoms with Gasteiger partial charge < -0.3 is 0 Å². The highest BCUT2D eigenvalue weighted by molar-refractivity contribution is 9.10. The summed E-state index contributed by atoms with van der Waals surface area (Å²) in [5, 5.41) is 9.69. The Balaban J connectivity index is 1.78. The van der Waals surface area contributed by atoms with Gasteiger partial charge in [0, 0.05) is 10.0 Å². The van der Waals surface area contributed by atoms with Gasteiger partial charge in [0.2, 0.25) is 0 Å². The molecule has 6 aromatic rings. The SMILES string of the molecule is CC(=O)c1ccc(-c2ccc3ccc4c(Br)ccc5ccc2c3c54)c2ccccc12. The lowest BCUT2D eigenvalue weighted by atomic mass is 9.87. The highest BCUT2D eigenvalue weighted by Gasteiger charge is 2.16. The van der Waals surface area contributed by atoms with Gasteiger partial charge in [0.1, 0.15) is 0 Å². The number of hydrogen-bond donors (Lipinski definition) is 0. The van der Waals surface area contributed by atoms with E-state index in [1.165, 1.54) is 37.9 Å². The first-order valence-corrected chi connectivity index (χ1v) is 10.8. The first kappa shape index (κ1) is 17.6. The van der Waals surface area contributed by atoms with Crippen LogP contribution >= 0.6 is 15.9 Å². The maximum Gasteiger partial charge on any atom is 0.160 e. The van der Waals surface area contributed by atoms with Crippen LogP contribution in [0.25, 0.3) is 54.2 Å². The van der Waals surface area contributed by atoms with Crippen molar-refractivity contribution in [2.45, 2.75) is 6.92 Å². The van der Waals surface area contributed by atoms with Crippen LogP contribution in [0.2, 0.25) is 0 Å². The number of rotatable bonds is 2. The van der Waals surface area contributed by atoms with Crippen LogP contribution < -0.4 is 0 Å². The summed E-state index contributed by atoms with van der Waals surface area (Å²) in [5.74, 6) is 0.0954. The van der Waals surface area contributed by atoms with Crippen LogP contribution in [-0.4, -0.2) is 5.78 Å². The molecule has 142 valence electrons. The Morgan fingerprint density at radius 1 is 0.600 bits per heavy atom. The zero-order valence-corrected chi connectivity index (χ0v) is 18.0. The van der Waals surface area contributed by atoms with Crippen molar-refractivity contribution in [1.29, 1.82) is 0 Å². The van der Waals surface area contributed by atoms with Crippen molar-refractivity contribution in [2.75, 3.05) is 0 Å². The highest BCUT2D eigenvalue weighted by atomic mass is 79.9. The molecule has 0 aliphatic heterocycles. The van der Waals surface area contributed by atoms with Crippen molar-refractivity contribution in [3.05, 3.63) is 95.0 Å². The zero-order valence-electron chi connectivity index (χ0n) is 16.4. The number of Topliss-reactive ketones (excluding diaryl/α,β-unsaturated/α-hetero) is 1. The van der Waals surface area contributed by atoms with Gasteiger partial charge in [-0.15, -0.1) is 0 Å². The fourth-order valence-electron chi connectivity index (χ4n) is 4.84. The average Bonchev–Trinajstić information content (AvgIpc) is 2.78. The van der Waals surface area contributed by atoms with E-state index in [9.17, 15) is 4.79 Å². The minimum Gasteiger partial charge on any atom is -0.294 e. The fraction of sp³-hybridized carbons (Fsp3) is 0.0357. The van der Waals surface area contributed by atoms with Crippen LogP contribution in [0, 0.1) is 0 Å². The van der Waals surface area contributed by atoms with Gasteiger partial charge in [0.15, 0.2) is 5.78 Å². The maximum absolute atomic E-state index is 12.2. The fourth-order valence-corrected chi connectivity index (χ4v) is 5.30. The molecule has 0 heterocycles. The molecule has 0 aromatic heterocycles. The summed E-state index contributed by atoms with van der Waals surface area (Å²) in [5.41, 5.74) is 3.13. The van der Waals surface area contributed by atoms with Crippen molar-refractivity contribution in [2.24, 2.45) is 0 Å². The van der Waals surface area contributed by atoms with E-state index in [0.29, 0.717) is 0 Å². The topological polar surface area (TPSA) is 17.1 Å². The van der Waals surface area contributed by atoms with E-state index in [1.807, 2.05) is 24.3 Å². The van der Waals surface area contributed by atoms with Gasteiger partial charge in [-0.1, -0.05) is 94.8 Å². The van der Waals surface area contributed by atoms with Crippen molar-refractivity contribution in [1.82, 2.24) is 0 Å². The lowest BCUT2D eigenvalue weighted by Gasteiger charge is -2.16. The molecule has 1 nitrogen and oxygen atoms in total. The van der Waals surface area contributed by atoms with Gasteiger partial charge >= 0.3 is 0 Å². The minimum absolute atomic E-state index is 0.0954. The summed E-state index contributed by atoms with van der Waals surface area (Å²) in [6, 6.07) is 29.9. The molecule has 0 spiro atoms. The van der Waals surface area contributed by atoms with Gasteiger partial charge in [-0.05, 0) is 67.2 Å². The second-order valence-corrected chi connectivity index (χ2v) is 8.70. The molecule has 0 fully saturated rings. The van der Waals surface area contributed by atoms with Gasteiger partial charge in [-0.3, -0.25) is 4.79 Å². The molecule has 0 saturated carbocycles. The monoisotopic (exact) mass is 448 g/mol. The minimum atomic E-state index is 0.0954. The number of fused-ring (bicyclic) bond motifs is 1. The summed E-state index contributed by atoms with van der Waals surface area (Å²) in [4.78, 5) is 12.2. The second kappa shape index (κ2) is 6.38. The Kier molecular flexibility index (Phi) is 3.75. The Labute approximate surface area is 182 Å². The number of carbonyl (C=O) groups excluding carboxylic acids is 1. The van der Waals surface area contributed by atoms with Crippen molar-refractivity contribution in [3.8, 4) is 11.1 Å². The molecule has 0 bridgehead atoms. The van der Waals surface area contributed by atoms with E-state index in [4.69, 9.17) is 0 Å². The third-order valence-corrected chi connectivity index (χ3v) is 6.90. The predicted octanol–water partition coefficient (Wildman–Crippen LogP) is 8.37. The van der Waals surface area contributed by atoms with Crippen molar-refractivity contribution >= 4 is 64.8 Å². The highest BCUT2D eigenvalue weighted by Crippen LogP contribution is 2.42. The lowest BCUT2D eigenvalue weighted by Crippen LogP contribution is -1.95. The van der Waals surface area contributed by atoms with Crippen molar-refractivity contribution in [3.63, 3.8) is 0 Å². The molecule has 0 saturated heterocycles. The van der Waals surface area contributed by atoms with E-state index in [1.54, 1.807) is 6.92 Å². The zero-order chi connectivity index (χ0) is 20.4. The summed E-state index contributed by atoms with van der Waals surface area (Å²) in [6.45, 7) is 1.63. The molecule has 0 unspecified atom stereocenters. The number of carbonyl (C=O) groups is 1. The van der Waals surface area contributed by atoms with Crippen molar-refractivity contribution < 1.29 is 4.79 Å². The molecule has 0 atom stereocenters. The molecule has 6 rings (SSSR count). The number of halogens is 1. The molecule has 2 heteroatoms. The molecule has 6 aromatic carbocycles. The Bertz CT molecular complexity index is 1630. The lowest BCUT2D eigenvalue weighted by molar-refractivity contribution is 0.101. The number of hydrogen-bond acceptors (Lipinski definition) is 1. The van der Waals surface area contributed by atoms with Gasteiger partial charge in [-0.2, -0.15) is 0 Å².